The number of aromatic carboxylic acids is 1. The Kier molecular flexibility index (Phi) is 8.60. The molecular formula is C37H30ClF2N9O3S. The SMILES string of the molecule is Cc1cc2n(CC#Cc3ccc(Cl)cc3-c3ncnc4c(C(=O)O)csc34)c(=O)c3c(C#N)c(N(C)C4CCN(C5CC(F)(F)C5)CC4)ncc3n2n1. The van der Waals surface area contributed by atoms with E-state index in [9.17, 15) is 28.7 Å². The zero-order valence-electron chi connectivity index (χ0n) is 28.5. The van der Waals surface area contributed by atoms with Crippen LogP contribution in [0.5, 0.6) is 0 Å². The van der Waals surface area contributed by atoms with Crippen molar-refractivity contribution in [2.45, 2.75) is 57.2 Å². The number of aryl methyl sites for hydroxylation is 1. The van der Waals surface area contributed by atoms with E-state index in [1.54, 1.807) is 41.9 Å². The summed E-state index contributed by atoms with van der Waals surface area (Å²) in [6.07, 6.45) is 4.08. The van der Waals surface area contributed by atoms with Gasteiger partial charge in [0.05, 0.1) is 50.8 Å². The van der Waals surface area contributed by atoms with Crippen molar-refractivity contribution in [1.82, 2.24) is 34.0 Å². The number of carboxylic acids is 1. The van der Waals surface area contributed by atoms with Gasteiger partial charge in [-0.3, -0.25) is 14.3 Å². The quantitative estimate of drug-likeness (QED) is 0.201. The van der Waals surface area contributed by atoms with Gasteiger partial charge in [-0.1, -0.05) is 23.4 Å². The molecule has 12 nitrogen and oxygen atoms in total. The number of carbonyl (C=O) groups is 1. The Bertz CT molecular complexity index is 2640. The largest absolute Gasteiger partial charge is 0.478 e. The van der Waals surface area contributed by atoms with Gasteiger partial charge < -0.3 is 10.0 Å². The summed E-state index contributed by atoms with van der Waals surface area (Å²) in [7, 11) is 1.85. The summed E-state index contributed by atoms with van der Waals surface area (Å²) in [5.41, 5.74) is 3.21. The van der Waals surface area contributed by atoms with E-state index in [1.807, 2.05) is 11.9 Å². The van der Waals surface area contributed by atoms with Crippen LogP contribution in [-0.4, -0.2) is 83.3 Å². The number of fused-ring (bicyclic) bond motifs is 4. The Hall–Kier alpha value is -5.48. The summed E-state index contributed by atoms with van der Waals surface area (Å²) in [6, 6.07) is 9.03. The second-order valence-electron chi connectivity index (χ2n) is 13.4. The fourth-order valence-corrected chi connectivity index (χ4v) is 8.59. The molecule has 1 aliphatic heterocycles. The van der Waals surface area contributed by atoms with Crippen LogP contribution in [0.25, 0.3) is 38.0 Å². The van der Waals surface area contributed by atoms with E-state index in [0.29, 0.717) is 80.7 Å². The van der Waals surface area contributed by atoms with E-state index >= 15 is 0 Å². The van der Waals surface area contributed by atoms with Crippen molar-refractivity contribution in [2.75, 3.05) is 25.0 Å². The van der Waals surface area contributed by atoms with Gasteiger partial charge in [0.15, 0.2) is 0 Å². The normalized spacial score (nSPS) is 16.4. The van der Waals surface area contributed by atoms with E-state index in [0.717, 1.165) is 0 Å². The summed E-state index contributed by atoms with van der Waals surface area (Å²) in [5, 5.41) is 26.9. The number of halogens is 3. The lowest BCUT2D eigenvalue weighted by Crippen LogP contribution is -2.55. The molecule has 6 heterocycles. The first-order chi connectivity index (χ1) is 25.4. The van der Waals surface area contributed by atoms with E-state index in [4.69, 9.17) is 11.6 Å². The molecule has 2 aliphatic rings. The number of hydrogen-bond donors (Lipinski definition) is 1. The standard InChI is InChI=1S/C37H30ClF2N9O3S/c1-20-12-29-48(9-3-4-21-5-6-22(38)13-25(21)31-33-32(44-19-43-31)27(18-53-33)36(51)52)35(50)30-26(16-41)34(42-17-28(30)49(29)45-20)46(2)23-7-10-47(11-8-23)24-14-37(39,40)15-24/h5-6,12-13,17-19,23-24H,7-11,14-15H2,1-2H3,(H,51,52). The highest BCUT2D eigenvalue weighted by molar-refractivity contribution is 7.18. The molecule has 16 heteroatoms. The van der Waals surface area contributed by atoms with Crippen molar-refractivity contribution < 1.29 is 18.7 Å². The number of benzene rings is 1. The summed E-state index contributed by atoms with van der Waals surface area (Å²) >= 11 is 7.61. The summed E-state index contributed by atoms with van der Waals surface area (Å²) in [5.74, 6) is 2.97. The minimum atomic E-state index is -2.57. The molecule has 1 aliphatic carbocycles. The van der Waals surface area contributed by atoms with E-state index in [2.05, 4.69) is 42.9 Å². The molecule has 8 rings (SSSR count). The smallest absolute Gasteiger partial charge is 0.338 e. The Morgan fingerprint density at radius 2 is 1.96 bits per heavy atom. The number of hydrogen-bond acceptors (Lipinski definition) is 10. The number of thiophene rings is 1. The highest BCUT2D eigenvalue weighted by Crippen LogP contribution is 2.42. The first-order valence-electron chi connectivity index (χ1n) is 16.8. The van der Waals surface area contributed by atoms with Crippen LogP contribution in [0, 0.1) is 30.1 Å². The molecule has 0 amide bonds. The molecule has 0 spiro atoms. The molecule has 268 valence electrons. The molecule has 53 heavy (non-hydrogen) atoms. The van der Waals surface area contributed by atoms with Crippen LogP contribution in [0.4, 0.5) is 14.6 Å². The Morgan fingerprint density at radius 1 is 1.19 bits per heavy atom. The van der Waals surface area contributed by atoms with Crippen molar-refractivity contribution in [3.8, 4) is 29.2 Å². The van der Waals surface area contributed by atoms with Gasteiger partial charge in [0, 0.05) is 72.7 Å². The maximum atomic E-state index is 14.4. The van der Waals surface area contributed by atoms with Gasteiger partial charge in [0.25, 0.3) is 11.5 Å². The van der Waals surface area contributed by atoms with Gasteiger partial charge in [0.2, 0.25) is 0 Å². The third-order valence-corrected chi connectivity index (χ3v) is 11.4. The second kappa shape index (κ2) is 13.2. The van der Waals surface area contributed by atoms with Gasteiger partial charge in [-0.2, -0.15) is 10.4 Å². The molecule has 5 aromatic heterocycles. The van der Waals surface area contributed by atoms with E-state index < -0.39 is 17.5 Å². The molecule has 1 N–H and O–H groups in total. The number of nitrogens with zero attached hydrogens (tertiary/aromatic N) is 9. The van der Waals surface area contributed by atoms with Crippen LogP contribution < -0.4 is 10.5 Å². The number of nitriles is 1. The number of anilines is 1. The first kappa shape index (κ1) is 34.6. The van der Waals surface area contributed by atoms with Crippen LogP contribution >= 0.6 is 22.9 Å². The van der Waals surface area contributed by atoms with Crippen molar-refractivity contribution in [1.29, 1.82) is 5.26 Å². The van der Waals surface area contributed by atoms with E-state index in [1.165, 1.54) is 27.6 Å². The number of pyridine rings is 1. The molecule has 0 unspecified atom stereocenters. The van der Waals surface area contributed by atoms with Crippen molar-refractivity contribution in [3.05, 3.63) is 79.9 Å². The van der Waals surface area contributed by atoms with Crippen molar-refractivity contribution in [2.24, 2.45) is 0 Å². The third-order valence-electron chi connectivity index (χ3n) is 10.2. The number of carboxylic acid groups (broad SMARTS) is 1. The maximum Gasteiger partial charge on any atom is 0.338 e. The van der Waals surface area contributed by atoms with Crippen LogP contribution in [0.3, 0.4) is 0 Å². The molecule has 1 saturated carbocycles. The molecule has 0 radical (unpaired) electrons. The average molecular weight is 754 g/mol. The van der Waals surface area contributed by atoms with Crippen LogP contribution in [0.1, 0.15) is 52.9 Å². The van der Waals surface area contributed by atoms with Gasteiger partial charge in [-0.05, 0) is 38.0 Å². The van der Waals surface area contributed by atoms with Gasteiger partial charge in [0.1, 0.15) is 29.4 Å². The first-order valence-corrected chi connectivity index (χ1v) is 18.1. The Labute approximate surface area is 309 Å². The Morgan fingerprint density at radius 3 is 2.68 bits per heavy atom. The zero-order valence-corrected chi connectivity index (χ0v) is 30.0. The molecule has 0 atom stereocenters. The van der Waals surface area contributed by atoms with E-state index in [-0.39, 0.29) is 48.0 Å². The molecule has 6 aromatic rings. The highest BCUT2D eigenvalue weighted by atomic mass is 35.5. The monoisotopic (exact) mass is 753 g/mol. The fraction of sp³-hybridized carbons (Fsp3) is 0.324. The zero-order chi connectivity index (χ0) is 37.2. The van der Waals surface area contributed by atoms with Crippen LogP contribution in [0.2, 0.25) is 5.02 Å². The number of alkyl halides is 2. The molecule has 1 aromatic carbocycles. The molecular weight excluding hydrogens is 724 g/mol. The Balaban J connectivity index is 1.15. The molecule has 1 saturated heterocycles. The van der Waals surface area contributed by atoms with Crippen LogP contribution in [-0.2, 0) is 6.54 Å². The average Bonchev–Trinajstić information content (AvgIpc) is 3.75. The number of rotatable bonds is 6. The molecule has 0 bridgehead atoms. The lowest BCUT2D eigenvalue weighted by molar-refractivity contribution is -0.127. The van der Waals surface area contributed by atoms with Gasteiger partial charge in [-0.25, -0.2) is 33.0 Å². The lowest BCUT2D eigenvalue weighted by Gasteiger charge is -2.46. The predicted octanol–water partition coefficient (Wildman–Crippen LogP) is 6.00. The second-order valence-corrected chi connectivity index (χ2v) is 14.7. The number of aromatic nitrogens is 6. The number of likely N-dealkylation sites (tertiary alicyclic amines) is 1. The summed E-state index contributed by atoms with van der Waals surface area (Å²) in [4.78, 5) is 43.5. The fourth-order valence-electron chi connectivity index (χ4n) is 7.42. The van der Waals surface area contributed by atoms with Crippen molar-refractivity contribution >= 4 is 61.5 Å². The van der Waals surface area contributed by atoms with Gasteiger partial charge in [-0.15, -0.1) is 11.3 Å². The summed E-state index contributed by atoms with van der Waals surface area (Å²) < 4.78 is 30.7. The topological polar surface area (TPSA) is 146 Å². The number of piperidine rings is 1. The minimum absolute atomic E-state index is 0.00208. The van der Waals surface area contributed by atoms with Crippen molar-refractivity contribution in [3.63, 3.8) is 0 Å². The summed E-state index contributed by atoms with van der Waals surface area (Å²) in [6.45, 7) is 3.08. The minimum Gasteiger partial charge on any atom is -0.478 e. The molecule has 2 fully saturated rings. The highest BCUT2D eigenvalue weighted by Gasteiger charge is 2.48. The maximum absolute atomic E-state index is 14.4. The predicted molar refractivity (Wildman–Crippen MR) is 197 cm³/mol. The lowest BCUT2D eigenvalue weighted by atomic mass is 9.85. The van der Waals surface area contributed by atoms with Crippen LogP contribution in [0.15, 0.2) is 47.0 Å². The third kappa shape index (κ3) is 6.04. The van der Waals surface area contributed by atoms with Gasteiger partial charge >= 0.3 is 5.97 Å².